The number of anilines is 1. The normalized spacial score (nSPS) is 22.8. The first-order valence-electron chi connectivity index (χ1n) is 8.88. The Morgan fingerprint density at radius 2 is 1.96 bits per heavy atom. The standard InChI is InChI=1S/C18H27FN2O3S/c1-5-25(22,23)20(4)16-12-18(2,3)24-17-11-15(14(19)10-13(16)17)21-8-6-7-9-21/h10-11,16H,5-9,12H2,1-4H3. The van der Waals surface area contributed by atoms with Crippen LogP contribution in [-0.2, 0) is 10.0 Å². The fourth-order valence-corrected chi connectivity index (χ4v) is 4.73. The van der Waals surface area contributed by atoms with Gasteiger partial charge in [0.1, 0.15) is 17.2 Å². The van der Waals surface area contributed by atoms with E-state index < -0.39 is 21.7 Å². The Morgan fingerprint density at radius 3 is 2.56 bits per heavy atom. The highest BCUT2D eigenvalue weighted by atomic mass is 32.2. The Balaban J connectivity index is 2.06. The molecule has 1 aromatic rings. The van der Waals surface area contributed by atoms with E-state index in [0.717, 1.165) is 25.9 Å². The molecule has 0 aliphatic carbocycles. The summed E-state index contributed by atoms with van der Waals surface area (Å²) in [5.41, 5.74) is 0.642. The molecule has 2 aliphatic rings. The first-order chi connectivity index (χ1) is 11.6. The van der Waals surface area contributed by atoms with Crippen molar-refractivity contribution in [1.29, 1.82) is 0 Å². The number of fused-ring (bicyclic) bond motifs is 1. The van der Waals surface area contributed by atoms with E-state index in [9.17, 15) is 12.8 Å². The van der Waals surface area contributed by atoms with Crippen LogP contribution in [0.4, 0.5) is 10.1 Å². The summed E-state index contributed by atoms with van der Waals surface area (Å²) in [6.07, 6.45) is 2.60. The van der Waals surface area contributed by atoms with Crippen LogP contribution in [0.5, 0.6) is 5.75 Å². The van der Waals surface area contributed by atoms with Crippen molar-refractivity contribution in [2.75, 3.05) is 30.8 Å². The molecule has 2 heterocycles. The maximum atomic E-state index is 14.8. The third-order valence-electron chi connectivity index (χ3n) is 5.20. The minimum Gasteiger partial charge on any atom is -0.487 e. The van der Waals surface area contributed by atoms with E-state index in [1.54, 1.807) is 20.0 Å². The number of ether oxygens (including phenoxy) is 1. The summed E-state index contributed by atoms with van der Waals surface area (Å²) in [4.78, 5) is 2.03. The molecule has 0 aromatic heterocycles. The molecule has 25 heavy (non-hydrogen) atoms. The van der Waals surface area contributed by atoms with Gasteiger partial charge in [-0.05, 0) is 39.7 Å². The molecule has 0 bridgehead atoms. The van der Waals surface area contributed by atoms with Crippen molar-refractivity contribution in [3.8, 4) is 5.75 Å². The lowest BCUT2D eigenvalue weighted by molar-refractivity contribution is 0.0539. The Kier molecular flexibility index (Phi) is 4.75. The van der Waals surface area contributed by atoms with Crippen LogP contribution in [0.15, 0.2) is 12.1 Å². The lowest BCUT2D eigenvalue weighted by atomic mass is 9.89. The van der Waals surface area contributed by atoms with E-state index in [1.807, 2.05) is 18.7 Å². The first-order valence-corrected chi connectivity index (χ1v) is 10.5. The highest BCUT2D eigenvalue weighted by molar-refractivity contribution is 7.89. The van der Waals surface area contributed by atoms with Gasteiger partial charge in [-0.1, -0.05) is 0 Å². The molecule has 1 saturated heterocycles. The Hall–Kier alpha value is -1.34. The van der Waals surface area contributed by atoms with Crippen molar-refractivity contribution in [3.05, 3.63) is 23.5 Å². The quantitative estimate of drug-likeness (QED) is 0.816. The smallest absolute Gasteiger partial charge is 0.214 e. The van der Waals surface area contributed by atoms with E-state index >= 15 is 0 Å². The second-order valence-electron chi connectivity index (χ2n) is 7.53. The fourth-order valence-electron chi connectivity index (χ4n) is 3.74. The van der Waals surface area contributed by atoms with E-state index in [2.05, 4.69) is 0 Å². The zero-order valence-corrected chi connectivity index (χ0v) is 16.2. The second-order valence-corrected chi connectivity index (χ2v) is 9.85. The van der Waals surface area contributed by atoms with Gasteiger partial charge in [0, 0.05) is 38.2 Å². The Labute approximate surface area is 149 Å². The van der Waals surface area contributed by atoms with E-state index in [4.69, 9.17) is 4.74 Å². The van der Waals surface area contributed by atoms with Crippen molar-refractivity contribution in [1.82, 2.24) is 4.31 Å². The number of hydrogen-bond donors (Lipinski definition) is 0. The molecule has 2 aliphatic heterocycles. The summed E-state index contributed by atoms with van der Waals surface area (Å²) in [5, 5.41) is 0. The highest BCUT2D eigenvalue weighted by Crippen LogP contribution is 2.45. The summed E-state index contributed by atoms with van der Waals surface area (Å²) in [6.45, 7) is 7.18. The zero-order valence-electron chi connectivity index (χ0n) is 15.4. The molecule has 0 N–H and O–H groups in total. The lowest BCUT2D eigenvalue weighted by Crippen LogP contribution is -2.42. The molecular formula is C18H27FN2O3S. The van der Waals surface area contributed by atoms with Crippen LogP contribution in [0.3, 0.4) is 0 Å². The molecule has 1 aromatic carbocycles. The topological polar surface area (TPSA) is 49.9 Å². The van der Waals surface area contributed by atoms with E-state index in [1.165, 1.54) is 10.4 Å². The van der Waals surface area contributed by atoms with Crippen LogP contribution in [0.2, 0.25) is 0 Å². The predicted octanol–water partition coefficient (Wildman–Crippen LogP) is 3.31. The number of halogens is 1. The first kappa shape index (κ1) is 18.5. The molecule has 1 fully saturated rings. The van der Waals surface area contributed by atoms with Crippen LogP contribution >= 0.6 is 0 Å². The van der Waals surface area contributed by atoms with Gasteiger partial charge in [0.05, 0.1) is 17.5 Å². The summed E-state index contributed by atoms with van der Waals surface area (Å²) < 4.78 is 47.0. The maximum absolute atomic E-state index is 14.8. The molecule has 7 heteroatoms. The largest absolute Gasteiger partial charge is 0.487 e. The van der Waals surface area contributed by atoms with Gasteiger partial charge in [-0.2, -0.15) is 4.31 Å². The minimum atomic E-state index is -3.38. The highest BCUT2D eigenvalue weighted by Gasteiger charge is 2.40. The number of nitrogens with zero attached hydrogens (tertiary/aromatic N) is 2. The molecule has 0 saturated carbocycles. The molecule has 0 amide bonds. The molecule has 0 radical (unpaired) electrons. The Morgan fingerprint density at radius 1 is 1.32 bits per heavy atom. The average Bonchev–Trinajstić information content (AvgIpc) is 3.07. The van der Waals surface area contributed by atoms with Gasteiger partial charge in [0.25, 0.3) is 0 Å². The van der Waals surface area contributed by atoms with Gasteiger partial charge in [0.2, 0.25) is 10.0 Å². The summed E-state index contributed by atoms with van der Waals surface area (Å²) in [6, 6.07) is 2.78. The van der Waals surface area contributed by atoms with Gasteiger partial charge < -0.3 is 9.64 Å². The summed E-state index contributed by atoms with van der Waals surface area (Å²) >= 11 is 0. The SMILES string of the molecule is CCS(=O)(=O)N(C)C1CC(C)(C)Oc2cc(N3CCCC3)c(F)cc21. The van der Waals surface area contributed by atoms with Crippen LogP contribution in [0.1, 0.15) is 51.6 Å². The van der Waals surface area contributed by atoms with Gasteiger partial charge in [-0.3, -0.25) is 0 Å². The van der Waals surface area contributed by atoms with E-state index in [-0.39, 0.29) is 11.6 Å². The van der Waals surface area contributed by atoms with Gasteiger partial charge >= 0.3 is 0 Å². The predicted molar refractivity (Wildman–Crippen MR) is 97.1 cm³/mol. The monoisotopic (exact) mass is 370 g/mol. The van der Waals surface area contributed by atoms with Gasteiger partial charge in [-0.25, -0.2) is 12.8 Å². The third kappa shape index (κ3) is 3.49. The Bertz CT molecular complexity index is 758. The van der Waals surface area contributed by atoms with Crippen LogP contribution < -0.4 is 9.64 Å². The third-order valence-corrected chi connectivity index (χ3v) is 7.06. The van der Waals surface area contributed by atoms with Crippen molar-refractivity contribution < 1.29 is 17.5 Å². The van der Waals surface area contributed by atoms with Gasteiger partial charge in [0.15, 0.2) is 0 Å². The van der Waals surface area contributed by atoms with Crippen LogP contribution in [-0.4, -0.2) is 44.2 Å². The number of benzene rings is 1. The summed E-state index contributed by atoms with van der Waals surface area (Å²) in [5.74, 6) is 0.296. The molecule has 3 rings (SSSR count). The van der Waals surface area contributed by atoms with Crippen molar-refractivity contribution in [3.63, 3.8) is 0 Å². The second kappa shape index (κ2) is 6.43. The minimum absolute atomic E-state index is 0.0188. The number of hydrogen-bond acceptors (Lipinski definition) is 4. The van der Waals surface area contributed by atoms with Gasteiger partial charge in [-0.15, -0.1) is 0 Å². The van der Waals surface area contributed by atoms with E-state index in [0.29, 0.717) is 23.4 Å². The molecule has 1 unspecified atom stereocenters. The maximum Gasteiger partial charge on any atom is 0.214 e. The summed E-state index contributed by atoms with van der Waals surface area (Å²) in [7, 11) is -1.81. The molecular weight excluding hydrogens is 343 g/mol. The van der Waals surface area contributed by atoms with Crippen LogP contribution in [0, 0.1) is 5.82 Å². The average molecular weight is 370 g/mol. The van der Waals surface area contributed by atoms with Crippen LogP contribution in [0.25, 0.3) is 0 Å². The molecule has 0 spiro atoms. The van der Waals surface area contributed by atoms with Crippen molar-refractivity contribution in [2.24, 2.45) is 0 Å². The molecule has 1 atom stereocenters. The van der Waals surface area contributed by atoms with Crippen molar-refractivity contribution >= 4 is 15.7 Å². The number of sulfonamides is 1. The number of rotatable bonds is 4. The lowest BCUT2D eigenvalue weighted by Gasteiger charge is -2.41. The van der Waals surface area contributed by atoms with Crippen molar-refractivity contribution in [2.45, 2.75) is 51.7 Å². The fraction of sp³-hybridized carbons (Fsp3) is 0.667. The zero-order chi connectivity index (χ0) is 18.4. The molecule has 5 nitrogen and oxygen atoms in total. The molecule has 140 valence electrons.